The van der Waals surface area contributed by atoms with Crippen molar-refractivity contribution in [3.8, 4) is 18.1 Å². The number of amides is 4. The molecule has 0 bridgehead atoms. The molecule has 0 aliphatic carbocycles. The number of benzene rings is 2. The first-order valence-electron chi connectivity index (χ1n) is 12.6. The Bertz CT molecular complexity index is 1210. The van der Waals surface area contributed by atoms with E-state index in [1.807, 2.05) is 0 Å². The zero-order valence-corrected chi connectivity index (χ0v) is 23.1. The largest absolute Gasteiger partial charge is 0.497 e. The maximum atomic E-state index is 13.9. The quantitative estimate of drug-likeness (QED) is 0.294. The summed E-state index contributed by atoms with van der Waals surface area (Å²) in [5.74, 6) is 1.08. The van der Waals surface area contributed by atoms with E-state index >= 15 is 0 Å². The number of carbonyl (C=O) groups excluding carboxylic acids is 4. The van der Waals surface area contributed by atoms with Gasteiger partial charge in [0.2, 0.25) is 11.8 Å². The van der Waals surface area contributed by atoms with Gasteiger partial charge < -0.3 is 35.8 Å². The van der Waals surface area contributed by atoms with Crippen LogP contribution in [0, 0.1) is 12.3 Å². The minimum absolute atomic E-state index is 0.155. The van der Waals surface area contributed by atoms with Gasteiger partial charge in [0.25, 0.3) is 5.91 Å². The van der Waals surface area contributed by atoms with Crippen molar-refractivity contribution in [3.63, 3.8) is 0 Å². The standard InChI is InChI=1S/C29H36N4O7/c1-6-19-7-9-20(10-8-19)25(26(36)31-21-11-13-22(39-5)14-12-21)33(17-18-34)27(37)23(15-16-24(30)35)32-28(38)40-29(2,3)4/h1,7-14,23,25,34H,15-18H2,2-5H3,(H2,30,35)(H,31,36)(H,32,38). The van der Waals surface area contributed by atoms with E-state index in [-0.39, 0.29) is 19.4 Å². The van der Waals surface area contributed by atoms with Crippen molar-refractivity contribution in [2.75, 3.05) is 25.6 Å². The van der Waals surface area contributed by atoms with Gasteiger partial charge in [0.1, 0.15) is 23.4 Å². The first kappa shape index (κ1) is 31.7. The molecule has 0 heterocycles. The zero-order valence-electron chi connectivity index (χ0n) is 23.1. The number of aliphatic hydroxyl groups excluding tert-OH is 1. The van der Waals surface area contributed by atoms with Crippen LogP contribution in [0.5, 0.6) is 5.75 Å². The van der Waals surface area contributed by atoms with Gasteiger partial charge in [0.15, 0.2) is 0 Å². The van der Waals surface area contributed by atoms with Crippen LogP contribution in [0.2, 0.25) is 0 Å². The van der Waals surface area contributed by atoms with E-state index < -0.39 is 48.1 Å². The molecule has 0 aromatic heterocycles. The van der Waals surface area contributed by atoms with Crippen molar-refractivity contribution in [2.24, 2.45) is 5.73 Å². The number of rotatable bonds is 12. The second-order valence-electron chi connectivity index (χ2n) is 9.85. The second-order valence-corrected chi connectivity index (χ2v) is 9.85. The number of ether oxygens (including phenoxy) is 2. The highest BCUT2D eigenvalue weighted by molar-refractivity contribution is 5.99. The van der Waals surface area contributed by atoms with Crippen molar-refractivity contribution in [1.82, 2.24) is 10.2 Å². The summed E-state index contributed by atoms with van der Waals surface area (Å²) in [7, 11) is 1.52. The van der Waals surface area contributed by atoms with Crippen LogP contribution in [0.15, 0.2) is 48.5 Å². The molecule has 11 heteroatoms. The summed E-state index contributed by atoms with van der Waals surface area (Å²) in [6.45, 7) is 4.22. The maximum Gasteiger partial charge on any atom is 0.408 e. The van der Waals surface area contributed by atoms with Gasteiger partial charge in [-0.2, -0.15) is 0 Å². The third kappa shape index (κ3) is 9.63. The van der Waals surface area contributed by atoms with Crippen LogP contribution in [-0.4, -0.2) is 65.7 Å². The molecular weight excluding hydrogens is 516 g/mol. The number of nitrogens with zero attached hydrogens (tertiary/aromatic N) is 1. The van der Waals surface area contributed by atoms with E-state index in [0.717, 1.165) is 4.90 Å². The van der Waals surface area contributed by atoms with Crippen molar-refractivity contribution in [2.45, 2.75) is 51.3 Å². The van der Waals surface area contributed by atoms with E-state index in [1.165, 1.54) is 7.11 Å². The van der Waals surface area contributed by atoms with Crippen LogP contribution < -0.4 is 21.1 Å². The van der Waals surface area contributed by atoms with Gasteiger partial charge in [0.05, 0.1) is 13.7 Å². The average Bonchev–Trinajstić information content (AvgIpc) is 2.90. The first-order valence-corrected chi connectivity index (χ1v) is 12.6. The fourth-order valence-electron chi connectivity index (χ4n) is 3.79. The normalized spacial score (nSPS) is 12.3. The molecule has 214 valence electrons. The number of nitrogens with one attached hydrogen (secondary N) is 2. The third-order valence-electron chi connectivity index (χ3n) is 5.60. The van der Waals surface area contributed by atoms with Crippen molar-refractivity contribution < 1.29 is 33.8 Å². The summed E-state index contributed by atoms with van der Waals surface area (Å²) in [5, 5.41) is 15.1. The van der Waals surface area contributed by atoms with E-state index in [2.05, 4.69) is 16.6 Å². The number of primary amides is 1. The fraction of sp³-hybridized carbons (Fsp3) is 0.379. The van der Waals surface area contributed by atoms with Gasteiger partial charge in [-0.05, 0) is 69.2 Å². The maximum absolute atomic E-state index is 13.9. The van der Waals surface area contributed by atoms with E-state index in [1.54, 1.807) is 69.3 Å². The minimum atomic E-state index is -1.28. The molecule has 0 fully saturated rings. The van der Waals surface area contributed by atoms with Crippen molar-refractivity contribution in [3.05, 3.63) is 59.7 Å². The van der Waals surface area contributed by atoms with Crippen LogP contribution >= 0.6 is 0 Å². The molecule has 0 spiro atoms. The van der Waals surface area contributed by atoms with Gasteiger partial charge in [-0.25, -0.2) is 4.79 Å². The second kappa shape index (κ2) is 14.6. The van der Waals surface area contributed by atoms with E-state index in [0.29, 0.717) is 22.6 Å². The lowest BCUT2D eigenvalue weighted by Gasteiger charge is -2.34. The lowest BCUT2D eigenvalue weighted by molar-refractivity contribution is -0.141. The summed E-state index contributed by atoms with van der Waals surface area (Å²) in [4.78, 5) is 52.8. The number of nitrogens with two attached hydrogens (primary N) is 1. The monoisotopic (exact) mass is 552 g/mol. The van der Waals surface area contributed by atoms with Crippen molar-refractivity contribution in [1.29, 1.82) is 0 Å². The molecule has 0 saturated heterocycles. The Hall–Kier alpha value is -4.56. The number of alkyl carbamates (subject to hydrolysis) is 1. The first-order chi connectivity index (χ1) is 18.9. The number of hydrogen-bond acceptors (Lipinski definition) is 7. The highest BCUT2D eigenvalue weighted by atomic mass is 16.6. The van der Waals surface area contributed by atoms with Gasteiger partial charge >= 0.3 is 6.09 Å². The predicted octanol–water partition coefficient (Wildman–Crippen LogP) is 2.34. The molecule has 2 atom stereocenters. The smallest absolute Gasteiger partial charge is 0.408 e. The number of aliphatic hydroxyl groups is 1. The Morgan fingerprint density at radius 3 is 2.20 bits per heavy atom. The number of anilines is 1. The van der Waals surface area contributed by atoms with Gasteiger partial charge in [0, 0.05) is 24.2 Å². The minimum Gasteiger partial charge on any atom is -0.497 e. The average molecular weight is 553 g/mol. The molecule has 11 nitrogen and oxygen atoms in total. The molecule has 2 aromatic rings. The third-order valence-corrected chi connectivity index (χ3v) is 5.60. The summed E-state index contributed by atoms with van der Waals surface area (Å²) < 4.78 is 10.4. The number of methoxy groups -OCH3 is 1. The SMILES string of the molecule is C#Cc1ccc(C(C(=O)Nc2ccc(OC)cc2)N(CCO)C(=O)C(CCC(N)=O)NC(=O)OC(C)(C)C)cc1. The Morgan fingerprint density at radius 1 is 1.07 bits per heavy atom. The summed E-state index contributed by atoms with van der Waals surface area (Å²) in [6, 6.07) is 10.5. The van der Waals surface area contributed by atoms with E-state index in [9.17, 15) is 24.3 Å². The molecule has 0 aliphatic heterocycles. The Balaban J connectivity index is 2.50. The molecule has 2 aromatic carbocycles. The van der Waals surface area contributed by atoms with Crippen LogP contribution in [0.4, 0.5) is 10.5 Å². The molecule has 0 saturated carbocycles. The molecule has 4 amide bonds. The lowest BCUT2D eigenvalue weighted by Crippen LogP contribution is -2.53. The molecule has 0 aliphatic rings. The van der Waals surface area contributed by atoms with Crippen LogP contribution in [0.25, 0.3) is 0 Å². The van der Waals surface area contributed by atoms with Gasteiger partial charge in [-0.3, -0.25) is 14.4 Å². The molecule has 5 N–H and O–H groups in total. The van der Waals surface area contributed by atoms with Gasteiger partial charge in [-0.1, -0.05) is 18.1 Å². The summed E-state index contributed by atoms with van der Waals surface area (Å²) >= 11 is 0. The molecule has 40 heavy (non-hydrogen) atoms. The fourth-order valence-corrected chi connectivity index (χ4v) is 3.79. The summed E-state index contributed by atoms with van der Waals surface area (Å²) in [5.41, 5.74) is 5.84. The zero-order chi connectivity index (χ0) is 29.9. The Morgan fingerprint density at radius 2 is 1.70 bits per heavy atom. The van der Waals surface area contributed by atoms with Gasteiger partial charge in [-0.15, -0.1) is 6.42 Å². The molecule has 2 unspecified atom stereocenters. The number of hydrogen-bond donors (Lipinski definition) is 4. The van der Waals surface area contributed by atoms with Crippen LogP contribution in [-0.2, 0) is 19.1 Å². The number of carbonyl (C=O) groups is 4. The lowest BCUT2D eigenvalue weighted by atomic mass is 10.00. The summed E-state index contributed by atoms with van der Waals surface area (Å²) in [6.07, 6.45) is 4.21. The Labute approximate surface area is 234 Å². The Kier molecular flexibility index (Phi) is 11.5. The highest BCUT2D eigenvalue weighted by Gasteiger charge is 2.36. The van der Waals surface area contributed by atoms with Crippen LogP contribution in [0.3, 0.4) is 0 Å². The predicted molar refractivity (Wildman–Crippen MR) is 149 cm³/mol. The topological polar surface area (TPSA) is 160 Å². The van der Waals surface area contributed by atoms with Crippen molar-refractivity contribution >= 4 is 29.5 Å². The molecular formula is C29H36N4O7. The molecule has 2 rings (SSSR count). The molecule has 0 radical (unpaired) electrons. The van der Waals surface area contributed by atoms with E-state index in [4.69, 9.17) is 21.6 Å². The highest BCUT2D eigenvalue weighted by Crippen LogP contribution is 2.26. The van der Waals surface area contributed by atoms with Crippen LogP contribution in [0.1, 0.15) is 50.8 Å². The number of terminal acetylenes is 1.